The van der Waals surface area contributed by atoms with Crippen LogP contribution in [0.3, 0.4) is 0 Å². The predicted octanol–water partition coefficient (Wildman–Crippen LogP) is 1.78. The summed E-state index contributed by atoms with van der Waals surface area (Å²) >= 11 is 0. The summed E-state index contributed by atoms with van der Waals surface area (Å²) in [5.41, 5.74) is 0.841. The van der Waals surface area contributed by atoms with Crippen LogP contribution in [0.4, 0.5) is 0 Å². The van der Waals surface area contributed by atoms with E-state index in [2.05, 4.69) is 0 Å². The molecule has 2 aliphatic rings. The molecule has 4 nitrogen and oxygen atoms in total. The second-order valence-corrected chi connectivity index (χ2v) is 7.96. The molecule has 0 aromatic heterocycles. The molecule has 1 saturated heterocycles. The van der Waals surface area contributed by atoms with Gasteiger partial charge in [-0.3, -0.25) is 4.79 Å². The summed E-state index contributed by atoms with van der Waals surface area (Å²) in [5.74, 6) is 0.380. The van der Waals surface area contributed by atoms with Crippen LogP contribution >= 0.6 is 0 Å². The van der Waals surface area contributed by atoms with Crippen LogP contribution in [0.1, 0.15) is 30.1 Å². The van der Waals surface area contributed by atoms with E-state index in [4.69, 9.17) is 0 Å². The van der Waals surface area contributed by atoms with Crippen molar-refractivity contribution in [3.8, 4) is 0 Å². The fraction of sp³-hybridized carbons (Fsp3) is 0.533. The van der Waals surface area contributed by atoms with Crippen LogP contribution in [0.25, 0.3) is 0 Å². The first-order chi connectivity index (χ1) is 9.58. The Labute approximate surface area is 119 Å². The van der Waals surface area contributed by atoms with Gasteiger partial charge in [0.15, 0.2) is 9.84 Å². The molecule has 1 atom stereocenters. The van der Waals surface area contributed by atoms with Gasteiger partial charge in [0.2, 0.25) is 5.91 Å². The monoisotopic (exact) mass is 293 g/mol. The van der Waals surface area contributed by atoms with E-state index in [9.17, 15) is 13.2 Å². The van der Waals surface area contributed by atoms with Crippen molar-refractivity contribution in [3.63, 3.8) is 0 Å². The zero-order chi connectivity index (χ0) is 14.2. The van der Waals surface area contributed by atoms with Crippen LogP contribution in [0, 0.1) is 5.92 Å². The molecule has 1 heterocycles. The first kappa shape index (κ1) is 13.6. The Hall–Kier alpha value is -1.36. The molecule has 0 N–H and O–H groups in total. The van der Waals surface area contributed by atoms with Gasteiger partial charge in [0.05, 0.1) is 11.0 Å². The molecule has 2 fully saturated rings. The second kappa shape index (κ2) is 5.20. The first-order valence-electron chi connectivity index (χ1n) is 7.13. The summed E-state index contributed by atoms with van der Waals surface area (Å²) in [6.07, 6.45) is 2.43. The maximum absolute atomic E-state index is 12.4. The molecule has 0 radical (unpaired) electrons. The number of rotatable bonds is 2. The summed E-state index contributed by atoms with van der Waals surface area (Å²) in [4.78, 5) is 13.8. The minimum absolute atomic E-state index is 0.0744. The number of hydrogen-bond donors (Lipinski definition) is 0. The maximum Gasteiger partial charge on any atom is 0.225 e. The molecule has 1 aliphatic heterocycles. The first-order valence-corrected chi connectivity index (χ1v) is 8.85. The van der Waals surface area contributed by atoms with Crippen LogP contribution < -0.4 is 0 Å². The van der Waals surface area contributed by atoms with Crippen LogP contribution in [-0.4, -0.2) is 38.1 Å². The van der Waals surface area contributed by atoms with Gasteiger partial charge in [-0.05, 0) is 24.8 Å². The van der Waals surface area contributed by atoms with Crippen molar-refractivity contribution in [1.29, 1.82) is 0 Å². The molecule has 1 aliphatic carbocycles. The van der Waals surface area contributed by atoms with E-state index in [0.29, 0.717) is 19.5 Å². The fourth-order valence-electron chi connectivity index (χ4n) is 2.79. The van der Waals surface area contributed by atoms with Crippen molar-refractivity contribution in [2.45, 2.75) is 24.5 Å². The molecule has 0 unspecified atom stereocenters. The lowest BCUT2D eigenvalue weighted by Gasteiger charge is -2.19. The Morgan fingerprint density at radius 1 is 1.05 bits per heavy atom. The van der Waals surface area contributed by atoms with Crippen LogP contribution in [0.2, 0.25) is 0 Å². The standard InChI is InChI=1S/C15H19NO3S/c17-15(13-6-7-13)16-9-8-14(20(18,19)11-10-16)12-4-2-1-3-5-12/h1-5,13-14H,6-11H2/t14-/m0/s1. The van der Waals surface area contributed by atoms with E-state index in [-0.39, 0.29) is 17.6 Å². The van der Waals surface area contributed by atoms with Crippen LogP contribution in [-0.2, 0) is 14.6 Å². The van der Waals surface area contributed by atoms with E-state index in [0.717, 1.165) is 18.4 Å². The van der Waals surface area contributed by atoms with Gasteiger partial charge in [0.1, 0.15) is 0 Å². The van der Waals surface area contributed by atoms with Crippen LogP contribution in [0.15, 0.2) is 30.3 Å². The van der Waals surface area contributed by atoms with E-state index in [1.807, 2.05) is 30.3 Å². The quantitative estimate of drug-likeness (QED) is 0.835. The van der Waals surface area contributed by atoms with Gasteiger partial charge in [0.25, 0.3) is 0 Å². The van der Waals surface area contributed by atoms with Crippen LogP contribution in [0.5, 0.6) is 0 Å². The number of amides is 1. The Morgan fingerprint density at radius 3 is 2.40 bits per heavy atom. The lowest BCUT2D eigenvalue weighted by molar-refractivity contribution is -0.132. The minimum Gasteiger partial charge on any atom is -0.341 e. The number of hydrogen-bond acceptors (Lipinski definition) is 3. The van der Waals surface area contributed by atoms with E-state index >= 15 is 0 Å². The average Bonchev–Trinajstić information content (AvgIpc) is 3.26. The highest BCUT2D eigenvalue weighted by Gasteiger charge is 2.37. The average molecular weight is 293 g/mol. The Kier molecular flexibility index (Phi) is 3.54. The van der Waals surface area contributed by atoms with Crippen molar-refractivity contribution in [2.24, 2.45) is 5.92 Å². The zero-order valence-corrected chi connectivity index (χ0v) is 12.2. The summed E-state index contributed by atoms with van der Waals surface area (Å²) in [6.45, 7) is 0.898. The fourth-order valence-corrected chi connectivity index (χ4v) is 4.59. The lowest BCUT2D eigenvalue weighted by Crippen LogP contribution is -2.34. The van der Waals surface area contributed by atoms with Gasteiger partial charge in [0, 0.05) is 19.0 Å². The van der Waals surface area contributed by atoms with Gasteiger partial charge >= 0.3 is 0 Å². The lowest BCUT2D eigenvalue weighted by atomic mass is 10.1. The van der Waals surface area contributed by atoms with Gasteiger partial charge < -0.3 is 4.90 Å². The molecule has 3 rings (SSSR count). The second-order valence-electron chi connectivity index (χ2n) is 5.65. The molecule has 20 heavy (non-hydrogen) atoms. The Morgan fingerprint density at radius 2 is 1.75 bits per heavy atom. The van der Waals surface area contributed by atoms with E-state index < -0.39 is 15.1 Å². The summed E-state index contributed by atoms with van der Waals surface area (Å²) in [5, 5.41) is -0.472. The third-order valence-corrected chi connectivity index (χ3v) is 6.28. The highest BCUT2D eigenvalue weighted by molar-refractivity contribution is 7.91. The molecular formula is C15H19NO3S. The van der Waals surface area contributed by atoms with Gasteiger partial charge in [-0.25, -0.2) is 8.42 Å². The van der Waals surface area contributed by atoms with Crippen molar-refractivity contribution in [1.82, 2.24) is 4.90 Å². The largest absolute Gasteiger partial charge is 0.341 e. The van der Waals surface area contributed by atoms with Gasteiger partial charge in [-0.2, -0.15) is 0 Å². The van der Waals surface area contributed by atoms with E-state index in [1.54, 1.807) is 4.90 Å². The summed E-state index contributed by atoms with van der Waals surface area (Å²) in [6, 6.07) is 9.34. The smallest absolute Gasteiger partial charge is 0.225 e. The summed E-state index contributed by atoms with van der Waals surface area (Å²) < 4.78 is 24.8. The molecule has 108 valence electrons. The molecule has 1 aromatic rings. The molecule has 1 aromatic carbocycles. The van der Waals surface area contributed by atoms with Crippen molar-refractivity contribution < 1.29 is 13.2 Å². The maximum atomic E-state index is 12.4. The predicted molar refractivity (Wildman–Crippen MR) is 76.9 cm³/mol. The number of carbonyl (C=O) groups is 1. The normalized spacial score (nSPS) is 26.0. The Balaban J connectivity index is 1.80. The third kappa shape index (κ3) is 2.73. The molecule has 0 bridgehead atoms. The summed E-state index contributed by atoms with van der Waals surface area (Å²) in [7, 11) is -3.18. The SMILES string of the molecule is O=C(C1CC1)N1CC[C@@H](c2ccccc2)S(=O)(=O)CC1. The van der Waals surface area contributed by atoms with Crippen molar-refractivity contribution >= 4 is 15.7 Å². The van der Waals surface area contributed by atoms with E-state index in [1.165, 1.54) is 0 Å². The Bertz CT molecular complexity index is 593. The molecule has 1 saturated carbocycles. The number of carbonyl (C=O) groups excluding carboxylic acids is 1. The minimum atomic E-state index is -3.18. The molecule has 1 amide bonds. The zero-order valence-electron chi connectivity index (χ0n) is 11.4. The number of sulfone groups is 1. The molecule has 0 spiro atoms. The third-order valence-electron chi connectivity index (χ3n) is 4.15. The highest BCUT2D eigenvalue weighted by Crippen LogP contribution is 2.34. The van der Waals surface area contributed by atoms with Crippen molar-refractivity contribution in [3.05, 3.63) is 35.9 Å². The highest BCUT2D eigenvalue weighted by atomic mass is 32.2. The number of benzene rings is 1. The van der Waals surface area contributed by atoms with Gasteiger partial charge in [-0.15, -0.1) is 0 Å². The topological polar surface area (TPSA) is 54.5 Å². The van der Waals surface area contributed by atoms with Gasteiger partial charge in [-0.1, -0.05) is 30.3 Å². The number of nitrogens with zero attached hydrogens (tertiary/aromatic N) is 1. The van der Waals surface area contributed by atoms with Crippen molar-refractivity contribution in [2.75, 3.05) is 18.8 Å². The molecular weight excluding hydrogens is 274 g/mol. The molecule has 5 heteroatoms.